The van der Waals surface area contributed by atoms with Crippen molar-refractivity contribution in [2.24, 2.45) is 17.6 Å². The van der Waals surface area contributed by atoms with Crippen LogP contribution in [0.1, 0.15) is 40.5 Å². The Morgan fingerprint density at radius 1 is 1.11 bits per heavy atom. The normalized spacial score (nSPS) is 13.9. The number of rotatable bonds is 8. The quantitative estimate of drug-likeness (QED) is 0.534. The first-order valence-electron chi connectivity index (χ1n) is 6.67. The highest BCUT2D eigenvalue weighted by molar-refractivity contribution is 5.77. The summed E-state index contributed by atoms with van der Waals surface area (Å²) in [6.45, 7) is 8.78. The Hall–Kier alpha value is -1.09. The molecule has 2 N–H and O–H groups in total. The van der Waals surface area contributed by atoms with Gasteiger partial charge in [-0.3, -0.25) is 4.79 Å². The molecule has 3 nitrogen and oxygen atoms in total. The monoisotopic (exact) mass is 253 g/mol. The highest BCUT2D eigenvalue weighted by Crippen LogP contribution is 2.01. The van der Waals surface area contributed by atoms with Crippen LogP contribution in [0.4, 0.5) is 0 Å². The maximum atomic E-state index is 11.4. The van der Waals surface area contributed by atoms with Crippen molar-refractivity contribution in [1.29, 1.82) is 0 Å². The third kappa shape index (κ3) is 10.1. The third-order valence-corrected chi connectivity index (χ3v) is 2.22. The van der Waals surface area contributed by atoms with Crippen molar-refractivity contribution in [3.63, 3.8) is 0 Å². The molecule has 0 rings (SSSR count). The summed E-state index contributed by atoms with van der Waals surface area (Å²) in [5.74, 6) is 0.661. The lowest BCUT2D eigenvalue weighted by atomic mass is 10.1. The Labute approximate surface area is 111 Å². The summed E-state index contributed by atoms with van der Waals surface area (Å²) in [5.41, 5.74) is 5.68. The second-order valence-electron chi connectivity index (χ2n) is 5.31. The molecule has 0 fully saturated rings. The van der Waals surface area contributed by atoms with Crippen molar-refractivity contribution in [3.8, 4) is 0 Å². The van der Waals surface area contributed by atoms with Crippen LogP contribution in [0.25, 0.3) is 0 Å². The summed E-state index contributed by atoms with van der Waals surface area (Å²) < 4.78 is 5.04. The van der Waals surface area contributed by atoms with E-state index in [1.165, 1.54) is 0 Å². The number of ether oxygens (including phenoxy) is 1. The average Bonchev–Trinajstić information content (AvgIpc) is 2.29. The summed E-state index contributed by atoms with van der Waals surface area (Å²) in [7, 11) is 0. The largest absolute Gasteiger partial charge is 0.464 e. The minimum Gasteiger partial charge on any atom is -0.464 e. The van der Waals surface area contributed by atoms with Crippen molar-refractivity contribution in [2.45, 2.75) is 46.6 Å². The molecular formula is C15H27NO2. The van der Waals surface area contributed by atoms with Crippen LogP contribution in [0.5, 0.6) is 0 Å². The maximum absolute atomic E-state index is 11.4. The van der Waals surface area contributed by atoms with Gasteiger partial charge in [-0.1, -0.05) is 52.0 Å². The molecular weight excluding hydrogens is 226 g/mol. The van der Waals surface area contributed by atoms with Crippen LogP contribution >= 0.6 is 0 Å². The van der Waals surface area contributed by atoms with Crippen LogP contribution in [0, 0.1) is 11.8 Å². The molecule has 0 aromatic heterocycles. The van der Waals surface area contributed by atoms with Gasteiger partial charge in [0.1, 0.15) is 6.04 Å². The van der Waals surface area contributed by atoms with E-state index in [9.17, 15) is 4.79 Å². The van der Waals surface area contributed by atoms with E-state index in [-0.39, 0.29) is 5.97 Å². The number of hydrogen-bond donors (Lipinski definition) is 1. The molecule has 0 aromatic carbocycles. The van der Waals surface area contributed by atoms with Crippen LogP contribution in [0.3, 0.4) is 0 Å². The van der Waals surface area contributed by atoms with Gasteiger partial charge in [-0.15, -0.1) is 0 Å². The van der Waals surface area contributed by atoms with Gasteiger partial charge in [-0.25, -0.2) is 0 Å². The summed E-state index contributed by atoms with van der Waals surface area (Å²) in [4.78, 5) is 11.4. The minimum atomic E-state index is -0.651. The lowest BCUT2D eigenvalue weighted by molar-refractivity contribution is -0.145. The maximum Gasteiger partial charge on any atom is 0.326 e. The zero-order valence-corrected chi connectivity index (χ0v) is 12.1. The smallest absolute Gasteiger partial charge is 0.326 e. The molecule has 18 heavy (non-hydrogen) atoms. The summed E-state index contributed by atoms with van der Waals surface area (Å²) in [6, 6.07) is -0.651. The van der Waals surface area contributed by atoms with E-state index in [0.717, 1.165) is 12.8 Å². The first-order valence-corrected chi connectivity index (χ1v) is 6.67. The predicted octanol–water partition coefficient (Wildman–Crippen LogP) is 3.06. The van der Waals surface area contributed by atoms with E-state index < -0.39 is 6.04 Å². The third-order valence-electron chi connectivity index (χ3n) is 2.22. The Morgan fingerprint density at radius 2 is 1.78 bits per heavy atom. The Morgan fingerprint density at radius 3 is 2.33 bits per heavy atom. The van der Waals surface area contributed by atoms with E-state index in [2.05, 4.69) is 26.0 Å². The number of esters is 1. The summed E-state index contributed by atoms with van der Waals surface area (Å²) in [5, 5.41) is 0. The number of nitrogens with two attached hydrogens (primary N) is 1. The van der Waals surface area contributed by atoms with Gasteiger partial charge in [0.05, 0.1) is 6.61 Å². The van der Waals surface area contributed by atoms with Gasteiger partial charge >= 0.3 is 5.97 Å². The molecule has 0 amide bonds. The Kier molecular flexibility index (Phi) is 9.29. The van der Waals surface area contributed by atoms with E-state index in [1.54, 1.807) is 6.08 Å². The van der Waals surface area contributed by atoms with Crippen LogP contribution in [-0.2, 0) is 9.53 Å². The fourth-order valence-electron chi connectivity index (χ4n) is 1.19. The van der Waals surface area contributed by atoms with Crippen LogP contribution in [0.15, 0.2) is 24.3 Å². The molecule has 1 atom stereocenters. The van der Waals surface area contributed by atoms with E-state index in [0.29, 0.717) is 18.4 Å². The first kappa shape index (κ1) is 16.9. The van der Waals surface area contributed by atoms with E-state index in [1.807, 2.05) is 19.9 Å². The Bertz CT molecular complexity index is 280. The predicted molar refractivity (Wildman–Crippen MR) is 76.1 cm³/mol. The number of carbonyl (C=O) groups excluding carboxylic acids is 1. The fourth-order valence-corrected chi connectivity index (χ4v) is 1.19. The zero-order chi connectivity index (χ0) is 14.0. The van der Waals surface area contributed by atoms with Gasteiger partial charge < -0.3 is 10.5 Å². The molecule has 104 valence electrons. The molecule has 1 unspecified atom stereocenters. The van der Waals surface area contributed by atoms with Gasteiger partial charge in [-0.05, 0) is 24.7 Å². The molecule has 0 spiro atoms. The van der Waals surface area contributed by atoms with Crippen molar-refractivity contribution in [1.82, 2.24) is 0 Å². The molecule has 0 aromatic rings. The van der Waals surface area contributed by atoms with Crippen LogP contribution in [-0.4, -0.2) is 18.6 Å². The number of carbonyl (C=O) groups is 1. The summed E-state index contributed by atoms with van der Waals surface area (Å²) in [6.07, 6.45) is 9.72. The molecule has 0 aliphatic carbocycles. The van der Waals surface area contributed by atoms with Gasteiger partial charge in [0.15, 0.2) is 0 Å². The van der Waals surface area contributed by atoms with E-state index in [4.69, 9.17) is 10.5 Å². The zero-order valence-electron chi connectivity index (χ0n) is 12.1. The second-order valence-corrected chi connectivity index (χ2v) is 5.31. The lowest BCUT2D eigenvalue weighted by Crippen LogP contribution is -2.31. The molecule has 0 aliphatic rings. The molecule has 0 saturated carbocycles. The second kappa shape index (κ2) is 9.89. The average molecular weight is 253 g/mol. The van der Waals surface area contributed by atoms with Crippen molar-refractivity contribution < 1.29 is 9.53 Å². The molecule has 0 radical (unpaired) electrons. The van der Waals surface area contributed by atoms with Crippen LogP contribution < -0.4 is 5.73 Å². The SMILES string of the molecule is CC(C)C/C=C\C/C=C\C(N)C(=O)OCC(C)C. The van der Waals surface area contributed by atoms with Crippen molar-refractivity contribution in [2.75, 3.05) is 6.61 Å². The minimum absolute atomic E-state index is 0.337. The topological polar surface area (TPSA) is 52.3 Å². The van der Waals surface area contributed by atoms with Gasteiger partial charge in [0.25, 0.3) is 0 Å². The molecule has 0 saturated heterocycles. The summed E-state index contributed by atoms with van der Waals surface area (Å²) >= 11 is 0. The van der Waals surface area contributed by atoms with Crippen molar-refractivity contribution >= 4 is 5.97 Å². The molecule has 0 bridgehead atoms. The number of hydrogen-bond acceptors (Lipinski definition) is 3. The van der Waals surface area contributed by atoms with Gasteiger partial charge in [-0.2, -0.15) is 0 Å². The van der Waals surface area contributed by atoms with Crippen molar-refractivity contribution in [3.05, 3.63) is 24.3 Å². The highest BCUT2D eigenvalue weighted by Gasteiger charge is 2.11. The fraction of sp³-hybridized carbons (Fsp3) is 0.667. The number of allylic oxidation sites excluding steroid dienone is 3. The van der Waals surface area contributed by atoms with Gasteiger partial charge in [0.2, 0.25) is 0 Å². The first-order chi connectivity index (χ1) is 8.43. The van der Waals surface area contributed by atoms with Gasteiger partial charge in [0, 0.05) is 0 Å². The standard InChI is InChI=1S/C15H27NO2/c1-12(2)9-7-5-6-8-10-14(16)15(17)18-11-13(3)4/h5,7-8,10,12-14H,6,9,11,16H2,1-4H3/b7-5-,10-8-. The molecule has 0 heterocycles. The lowest BCUT2D eigenvalue weighted by Gasteiger charge is -2.09. The molecule has 3 heteroatoms. The molecule has 0 aliphatic heterocycles. The Balaban J connectivity index is 3.82. The van der Waals surface area contributed by atoms with E-state index >= 15 is 0 Å². The van der Waals surface area contributed by atoms with Crippen LogP contribution in [0.2, 0.25) is 0 Å². The highest BCUT2D eigenvalue weighted by atomic mass is 16.5.